The minimum atomic E-state index is -5.13. The average Bonchev–Trinajstić information content (AvgIpc) is 1.01. The maximum absolute atomic E-state index is 16.1. The first-order valence-electron chi connectivity index (χ1n) is 33.7. The van der Waals surface area contributed by atoms with Crippen LogP contribution in [0.3, 0.4) is 0 Å². The van der Waals surface area contributed by atoms with Gasteiger partial charge in [0.15, 0.2) is 23.0 Å². The molecule has 2 aliphatic carbocycles. The predicted octanol–water partition coefficient (Wildman–Crippen LogP) is 17.9. The zero-order valence-electron chi connectivity index (χ0n) is 58.5. The Morgan fingerprint density at radius 3 is 1.16 bits per heavy atom. The summed E-state index contributed by atoms with van der Waals surface area (Å²) in [5.41, 5.74) is -4.07. The van der Waals surface area contributed by atoms with Crippen LogP contribution in [0.2, 0.25) is 0 Å². The number of fused-ring (bicyclic) bond motifs is 2. The molecule has 2 fully saturated rings. The van der Waals surface area contributed by atoms with Crippen LogP contribution in [-0.2, 0) is 34.0 Å². The number of aromatic nitrogens is 8. The van der Waals surface area contributed by atoms with Crippen LogP contribution in [0, 0.1) is 23.5 Å². The first kappa shape index (κ1) is 71.8. The third-order valence-corrected chi connectivity index (χ3v) is 18.3. The van der Waals surface area contributed by atoms with E-state index in [1.165, 1.54) is 36.4 Å². The fourth-order valence-corrected chi connectivity index (χ4v) is 13.0. The SMILES string of the molecule is CC(C)(C)c1nc(N(C(=O)O)c2nc(C(C)(C)C)c(C(C)(C)C)c3ccc(-n4nc(C(F)(F)F)cc4C(=O)Nc4cc(C(NCC5CC5)c5ccncc5)ccc4F)cc23)c2cc(-n3nc(C(F)(F)F)cc3C(=O)Nc3cc(C(NCC4CC4)c4ccncc4)ccc3F)ccc2c1C(C)(C)C. The number of pyridine rings is 4. The highest BCUT2D eigenvalue weighted by atomic mass is 19.4. The van der Waals surface area contributed by atoms with Gasteiger partial charge < -0.3 is 26.4 Å². The quantitative estimate of drug-likeness (QED) is 0.0508. The number of benzene rings is 4. The highest BCUT2D eigenvalue weighted by molar-refractivity contribution is 6.11. The number of amides is 3. The van der Waals surface area contributed by atoms with Crippen molar-refractivity contribution in [1.82, 2.24) is 50.1 Å². The van der Waals surface area contributed by atoms with Crippen molar-refractivity contribution in [2.75, 3.05) is 28.6 Å². The van der Waals surface area contributed by atoms with Crippen molar-refractivity contribution in [3.05, 3.63) is 213 Å². The van der Waals surface area contributed by atoms with E-state index in [1.807, 2.05) is 83.1 Å². The van der Waals surface area contributed by atoms with E-state index < -0.39 is 98.4 Å². The van der Waals surface area contributed by atoms with Crippen molar-refractivity contribution in [3.63, 3.8) is 0 Å². The summed E-state index contributed by atoms with van der Waals surface area (Å²) < 4.78 is 124. The lowest BCUT2D eigenvalue weighted by atomic mass is 9.76. The maximum Gasteiger partial charge on any atom is 0.435 e. The molecule has 17 nitrogen and oxygen atoms in total. The number of carboxylic acid groups (broad SMARTS) is 1. The Kier molecular flexibility index (Phi) is 18.8. The smallest absolute Gasteiger partial charge is 0.435 e. The van der Waals surface area contributed by atoms with Gasteiger partial charge in [0.1, 0.15) is 23.0 Å². The van der Waals surface area contributed by atoms with E-state index in [1.54, 1.807) is 73.3 Å². The molecule has 6 aromatic heterocycles. The van der Waals surface area contributed by atoms with Gasteiger partial charge in [-0.3, -0.25) is 19.6 Å². The number of nitrogens with one attached hydrogen (secondary N) is 4. The summed E-state index contributed by atoms with van der Waals surface area (Å²) in [6, 6.07) is 24.1. The number of halogens is 8. The Hall–Kier alpha value is -10.0. The molecule has 3 amide bonds. The molecule has 532 valence electrons. The Morgan fingerprint density at radius 2 is 0.843 bits per heavy atom. The molecule has 12 rings (SSSR count). The average molecular weight is 1400 g/mol. The highest BCUT2D eigenvalue weighted by Crippen LogP contribution is 2.48. The normalized spacial score (nSPS) is 14.7. The van der Waals surface area contributed by atoms with E-state index >= 15 is 35.1 Å². The van der Waals surface area contributed by atoms with Gasteiger partial charge in [0, 0.05) is 58.5 Å². The molecule has 0 radical (unpaired) electrons. The molecule has 0 bridgehead atoms. The summed E-state index contributed by atoms with van der Waals surface area (Å²) in [5, 5.41) is 32.8. The highest BCUT2D eigenvalue weighted by Gasteiger charge is 2.41. The number of nitrogens with zero attached hydrogens (tertiary/aromatic N) is 9. The van der Waals surface area contributed by atoms with Gasteiger partial charge >= 0.3 is 18.4 Å². The molecular weight excluding hydrogens is 1320 g/mol. The summed E-state index contributed by atoms with van der Waals surface area (Å²) in [5.74, 6) is -3.93. The van der Waals surface area contributed by atoms with Crippen LogP contribution in [0.25, 0.3) is 32.9 Å². The summed E-state index contributed by atoms with van der Waals surface area (Å²) >= 11 is 0. The topological polar surface area (TPSA) is 210 Å². The molecule has 10 aromatic rings. The Bertz CT molecular complexity index is 4590. The van der Waals surface area contributed by atoms with Gasteiger partial charge in [-0.15, -0.1) is 0 Å². The molecule has 2 atom stereocenters. The Balaban J connectivity index is 1.04. The largest absolute Gasteiger partial charge is 0.464 e. The van der Waals surface area contributed by atoms with Gasteiger partial charge in [0.2, 0.25) is 0 Å². The van der Waals surface area contributed by atoms with Crippen molar-refractivity contribution in [3.8, 4) is 11.4 Å². The van der Waals surface area contributed by atoms with Crippen LogP contribution in [-0.4, -0.2) is 75.6 Å². The number of anilines is 4. The Labute approximate surface area is 584 Å². The molecule has 25 heteroatoms. The van der Waals surface area contributed by atoms with E-state index in [4.69, 9.17) is 9.97 Å². The maximum atomic E-state index is 16.1. The number of hydrogen-bond acceptors (Lipinski definition) is 11. The molecule has 2 aliphatic rings. The molecule has 0 aliphatic heterocycles. The first-order chi connectivity index (χ1) is 47.8. The molecule has 0 saturated heterocycles. The first-order valence-corrected chi connectivity index (χ1v) is 33.7. The van der Waals surface area contributed by atoms with Gasteiger partial charge in [-0.2, -0.15) is 36.5 Å². The molecule has 5 N–H and O–H groups in total. The van der Waals surface area contributed by atoms with E-state index in [0.717, 1.165) is 63.2 Å². The molecule has 102 heavy (non-hydrogen) atoms. The molecule has 4 aromatic carbocycles. The second-order valence-electron chi connectivity index (χ2n) is 30.6. The lowest BCUT2D eigenvalue weighted by molar-refractivity contribution is -0.142. The lowest BCUT2D eigenvalue weighted by Gasteiger charge is -2.34. The van der Waals surface area contributed by atoms with Crippen LogP contribution in [0.4, 0.5) is 62.9 Å². The zero-order chi connectivity index (χ0) is 73.5. The molecule has 2 unspecified atom stereocenters. The summed E-state index contributed by atoms with van der Waals surface area (Å²) in [4.78, 5) is 64.1. The summed E-state index contributed by atoms with van der Waals surface area (Å²) in [6.45, 7) is 24.0. The molecule has 0 spiro atoms. The van der Waals surface area contributed by atoms with Crippen LogP contribution in [0.1, 0.15) is 198 Å². The van der Waals surface area contributed by atoms with Crippen molar-refractivity contribution >= 4 is 62.5 Å². The number of carbonyl (C=O) groups excluding carboxylic acids is 2. The molecule has 2 saturated carbocycles. The fraction of sp³-hybridized carbons (Fsp3) is 0.364. The van der Waals surface area contributed by atoms with Crippen molar-refractivity contribution < 1.29 is 54.6 Å². The number of rotatable bonds is 18. The third-order valence-electron chi connectivity index (χ3n) is 18.3. The van der Waals surface area contributed by atoms with Crippen molar-refractivity contribution in [2.45, 2.75) is 155 Å². The van der Waals surface area contributed by atoms with Gasteiger partial charge in [-0.05, 0) is 178 Å². The van der Waals surface area contributed by atoms with Gasteiger partial charge in [0.25, 0.3) is 11.8 Å². The van der Waals surface area contributed by atoms with E-state index in [9.17, 15) is 19.5 Å². The van der Waals surface area contributed by atoms with Crippen LogP contribution in [0.5, 0.6) is 0 Å². The Morgan fingerprint density at radius 1 is 0.480 bits per heavy atom. The van der Waals surface area contributed by atoms with E-state index in [2.05, 4.69) is 41.4 Å². The fourth-order valence-electron chi connectivity index (χ4n) is 13.0. The second kappa shape index (κ2) is 26.7. The van der Waals surface area contributed by atoms with Crippen LogP contribution < -0.4 is 26.2 Å². The predicted molar refractivity (Wildman–Crippen MR) is 375 cm³/mol. The third kappa shape index (κ3) is 15.0. The summed E-state index contributed by atoms with van der Waals surface area (Å²) in [6.07, 6.45) is -1.38. The number of carbonyl (C=O) groups is 3. The molecule has 6 heterocycles. The zero-order valence-corrected chi connectivity index (χ0v) is 58.5. The monoisotopic (exact) mass is 1400 g/mol. The van der Waals surface area contributed by atoms with Gasteiger partial charge in [-0.1, -0.05) is 107 Å². The summed E-state index contributed by atoms with van der Waals surface area (Å²) in [7, 11) is 0. The van der Waals surface area contributed by atoms with E-state index in [-0.39, 0.29) is 45.2 Å². The van der Waals surface area contributed by atoms with E-state index in [0.29, 0.717) is 81.5 Å². The minimum Gasteiger partial charge on any atom is -0.464 e. The second-order valence-corrected chi connectivity index (χ2v) is 30.6. The standard InChI is InChI=1S/C77H79F8N13O4/c1-72(2,3)61-49-21-19-47(97-57(37-59(94-97)76(80,81)82)69(99)90-55-33-45(17-23-53(55)78)63(88-39-41-13-14-41)43-25-29-86-30-26-43)35-51(49)67(92-65(61)74(7,8)9)96(71(101)102)68-52-36-48(20-22-50(52)62(73(4,5)6)66(93-68)75(10,11)12)98-58(38-60(95-98)77(83,84)85)70(100)91-56-34-46(18-24-54(56)79)64(89-40-42-15-16-42)44-27-31-87-32-28-44/h17-38,41-42,63-64,88-89H,13-16,39-40H2,1-12H3,(H,90,99)(H,91,100)(H,101,102). The van der Waals surface area contributed by atoms with Gasteiger partial charge in [0.05, 0.1) is 46.2 Å². The number of alkyl halides is 6. The van der Waals surface area contributed by atoms with Crippen molar-refractivity contribution in [2.24, 2.45) is 11.8 Å². The van der Waals surface area contributed by atoms with Crippen molar-refractivity contribution in [1.29, 1.82) is 0 Å². The minimum absolute atomic E-state index is 0.00842. The van der Waals surface area contributed by atoms with Crippen LogP contribution >= 0.6 is 0 Å². The van der Waals surface area contributed by atoms with Gasteiger partial charge in [-0.25, -0.2) is 37.8 Å². The number of hydrogen-bond donors (Lipinski definition) is 5. The lowest BCUT2D eigenvalue weighted by Crippen LogP contribution is -2.32. The van der Waals surface area contributed by atoms with Crippen LogP contribution in [0.15, 0.2) is 134 Å². The molecular formula is C77H79F8N13O4.